The van der Waals surface area contributed by atoms with Gasteiger partial charge in [-0.3, -0.25) is 14.6 Å². The second kappa shape index (κ2) is 15.4. The van der Waals surface area contributed by atoms with Crippen molar-refractivity contribution in [1.29, 1.82) is 0 Å². The first-order chi connectivity index (χ1) is 21.1. The van der Waals surface area contributed by atoms with Crippen molar-refractivity contribution < 1.29 is 24.3 Å². The standard InChI is InChI=1S/C33H44N6O5/c1-22(2)18-26(37-33(44)39-16-10-4-5-11-17-39)30(40)35-27(19-23-21-38(3)29-14-7-6-13-25(23)29)31(41)36-28(32(42)43)20-24-12-8-9-15-34-24/h6-9,12-15,21-22,26-28H,4-5,10-11,16-20H2,1-3H3,(H,35,40)(H,36,41)(H,37,44)(H,42,43)/t26-,27-,28-/m0/s1. The number of aliphatic carboxylic acids is 1. The molecule has 3 aromatic rings. The van der Waals surface area contributed by atoms with Crippen LogP contribution in [0, 0.1) is 5.92 Å². The van der Waals surface area contributed by atoms with Crippen LogP contribution in [0.1, 0.15) is 57.2 Å². The van der Waals surface area contributed by atoms with Gasteiger partial charge in [0.05, 0.1) is 0 Å². The van der Waals surface area contributed by atoms with Crippen LogP contribution in [0.5, 0.6) is 0 Å². The molecule has 4 amide bonds. The first-order valence-electron chi connectivity index (χ1n) is 15.4. The number of para-hydroxylation sites is 1. The second-order valence-corrected chi connectivity index (χ2v) is 12.0. The van der Waals surface area contributed by atoms with E-state index in [1.54, 1.807) is 29.3 Å². The molecule has 236 valence electrons. The minimum Gasteiger partial charge on any atom is -0.480 e. The zero-order valence-electron chi connectivity index (χ0n) is 25.8. The Hall–Kier alpha value is -4.41. The Kier molecular flexibility index (Phi) is 11.3. The zero-order chi connectivity index (χ0) is 31.6. The van der Waals surface area contributed by atoms with Gasteiger partial charge in [0, 0.05) is 62.0 Å². The van der Waals surface area contributed by atoms with Gasteiger partial charge in [0.1, 0.15) is 18.1 Å². The minimum atomic E-state index is -1.25. The summed E-state index contributed by atoms with van der Waals surface area (Å²) >= 11 is 0. The number of carbonyl (C=O) groups is 4. The minimum absolute atomic E-state index is 0.0152. The highest BCUT2D eigenvalue weighted by atomic mass is 16.4. The number of nitrogens with one attached hydrogen (secondary N) is 3. The topological polar surface area (TPSA) is 146 Å². The summed E-state index contributed by atoms with van der Waals surface area (Å²) in [5.74, 6) is -2.23. The van der Waals surface area contributed by atoms with Gasteiger partial charge in [0.25, 0.3) is 0 Å². The fourth-order valence-electron chi connectivity index (χ4n) is 5.71. The molecule has 0 bridgehead atoms. The lowest BCUT2D eigenvalue weighted by Crippen LogP contribution is -2.58. The van der Waals surface area contributed by atoms with E-state index in [9.17, 15) is 24.3 Å². The lowest BCUT2D eigenvalue weighted by atomic mass is 10.0. The van der Waals surface area contributed by atoms with E-state index in [0.29, 0.717) is 25.2 Å². The molecule has 44 heavy (non-hydrogen) atoms. The summed E-state index contributed by atoms with van der Waals surface area (Å²) < 4.78 is 1.95. The maximum atomic E-state index is 13.8. The highest BCUT2D eigenvalue weighted by molar-refractivity contribution is 5.94. The number of likely N-dealkylation sites (tertiary alicyclic amines) is 1. The molecule has 1 aliphatic rings. The van der Waals surface area contributed by atoms with Crippen molar-refractivity contribution in [2.24, 2.45) is 13.0 Å². The molecule has 0 unspecified atom stereocenters. The zero-order valence-corrected chi connectivity index (χ0v) is 25.8. The van der Waals surface area contributed by atoms with E-state index in [-0.39, 0.29) is 24.8 Å². The summed E-state index contributed by atoms with van der Waals surface area (Å²) in [5, 5.41) is 19.3. The van der Waals surface area contributed by atoms with Crippen molar-refractivity contribution in [2.45, 2.75) is 76.9 Å². The SMILES string of the molecule is CC(C)C[C@H](NC(=O)N1CCCCCC1)C(=O)N[C@@H](Cc1cn(C)c2ccccc12)C(=O)N[C@@H](Cc1ccccn1)C(=O)O. The third-order valence-corrected chi connectivity index (χ3v) is 8.01. The number of hydrogen-bond donors (Lipinski definition) is 4. The van der Waals surface area contributed by atoms with Crippen molar-refractivity contribution >= 4 is 34.7 Å². The molecule has 11 heteroatoms. The molecule has 3 heterocycles. The normalized spacial score (nSPS) is 15.7. The predicted molar refractivity (Wildman–Crippen MR) is 168 cm³/mol. The van der Waals surface area contributed by atoms with E-state index in [4.69, 9.17) is 0 Å². The number of nitrogens with zero attached hydrogens (tertiary/aromatic N) is 3. The summed E-state index contributed by atoms with van der Waals surface area (Å²) in [6.07, 6.45) is 7.95. The molecule has 2 aromatic heterocycles. The van der Waals surface area contributed by atoms with Crippen LogP contribution < -0.4 is 16.0 Å². The predicted octanol–water partition coefficient (Wildman–Crippen LogP) is 3.41. The van der Waals surface area contributed by atoms with Crippen LogP contribution in [0.3, 0.4) is 0 Å². The Bertz CT molecular complexity index is 1430. The number of hydrogen-bond acceptors (Lipinski definition) is 5. The van der Waals surface area contributed by atoms with E-state index < -0.39 is 35.9 Å². The third kappa shape index (κ3) is 8.81. The molecule has 1 fully saturated rings. The van der Waals surface area contributed by atoms with Crippen LogP contribution in [0.15, 0.2) is 54.9 Å². The first-order valence-corrected chi connectivity index (χ1v) is 15.4. The maximum absolute atomic E-state index is 13.8. The monoisotopic (exact) mass is 604 g/mol. The number of benzene rings is 1. The number of pyridine rings is 1. The highest BCUT2D eigenvalue weighted by Crippen LogP contribution is 2.22. The van der Waals surface area contributed by atoms with Crippen LogP contribution in [-0.4, -0.2) is 74.6 Å². The van der Waals surface area contributed by atoms with E-state index >= 15 is 0 Å². The summed E-state index contributed by atoms with van der Waals surface area (Å²) in [6.45, 7) is 5.21. The molecule has 0 spiro atoms. The Balaban J connectivity index is 1.57. The second-order valence-electron chi connectivity index (χ2n) is 12.0. The molecule has 4 rings (SSSR count). The van der Waals surface area contributed by atoms with E-state index in [1.165, 1.54) is 0 Å². The molecule has 1 aliphatic heterocycles. The molecule has 0 aliphatic carbocycles. The summed E-state index contributed by atoms with van der Waals surface area (Å²) in [7, 11) is 1.91. The van der Waals surface area contributed by atoms with Gasteiger partial charge in [-0.05, 0) is 48.9 Å². The van der Waals surface area contributed by atoms with Gasteiger partial charge in [0.2, 0.25) is 11.8 Å². The maximum Gasteiger partial charge on any atom is 0.326 e. The number of urea groups is 1. The molecule has 0 radical (unpaired) electrons. The van der Waals surface area contributed by atoms with E-state index in [2.05, 4.69) is 20.9 Å². The molecule has 1 aromatic carbocycles. The molecular weight excluding hydrogens is 560 g/mol. The summed E-state index contributed by atoms with van der Waals surface area (Å²) in [6, 6.07) is 9.43. The summed E-state index contributed by atoms with van der Waals surface area (Å²) in [5.41, 5.74) is 2.31. The van der Waals surface area contributed by atoms with Crippen molar-refractivity contribution in [3.63, 3.8) is 0 Å². The van der Waals surface area contributed by atoms with Crippen LogP contribution in [0.25, 0.3) is 10.9 Å². The van der Waals surface area contributed by atoms with E-state index in [1.807, 2.05) is 55.9 Å². The van der Waals surface area contributed by atoms with Crippen molar-refractivity contribution in [2.75, 3.05) is 13.1 Å². The first kappa shape index (κ1) is 32.5. The average molecular weight is 605 g/mol. The Morgan fingerprint density at radius 1 is 0.841 bits per heavy atom. The van der Waals surface area contributed by atoms with Gasteiger partial charge in [0.15, 0.2) is 0 Å². The smallest absolute Gasteiger partial charge is 0.326 e. The number of carboxylic acid groups (broad SMARTS) is 1. The number of amides is 4. The number of aromatic nitrogens is 2. The van der Waals surface area contributed by atoms with Gasteiger partial charge in [-0.1, -0.05) is 51.0 Å². The molecular formula is C33H44N6O5. The van der Waals surface area contributed by atoms with Crippen LogP contribution in [0.2, 0.25) is 0 Å². The quantitative estimate of drug-likeness (QED) is 0.249. The number of fused-ring (bicyclic) bond motifs is 1. The van der Waals surface area contributed by atoms with Gasteiger partial charge in [-0.25, -0.2) is 9.59 Å². The molecule has 3 atom stereocenters. The Morgan fingerprint density at radius 3 is 2.16 bits per heavy atom. The molecule has 1 saturated heterocycles. The van der Waals surface area contributed by atoms with Crippen LogP contribution in [-0.2, 0) is 34.3 Å². The molecule has 11 nitrogen and oxygen atoms in total. The Morgan fingerprint density at radius 2 is 1.50 bits per heavy atom. The van der Waals surface area contributed by atoms with Crippen LogP contribution >= 0.6 is 0 Å². The third-order valence-electron chi connectivity index (χ3n) is 8.01. The number of rotatable bonds is 12. The highest BCUT2D eigenvalue weighted by Gasteiger charge is 2.32. The van der Waals surface area contributed by atoms with Gasteiger partial charge >= 0.3 is 12.0 Å². The van der Waals surface area contributed by atoms with Gasteiger partial charge in [-0.15, -0.1) is 0 Å². The van der Waals surface area contributed by atoms with Gasteiger partial charge in [-0.2, -0.15) is 0 Å². The van der Waals surface area contributed by atoms with Crippen molar-refractivity contribution in [1.82, 2.24) is 30.4 Å². The lowest BCUT2D eigenvalue weighted by Gasteiger charge is -2.28. The molecule has 4 N–H and O–H groups in total. The van der Waals surface area contributed by atoms with Crippen molar-refractivity contribution in [3.8, 4) is 0 Å². The van der Waals surface area contributed by atoms with Crippen molar-refractivity contribution in [3.05, 3.63) is 66.1 Å². The summed E-state index contributed by atoms with van der Waals surface area (Å²) in [4.78, 5) is 58.9. The van der Waals surface area contributed by atoms with Gasteiger partial charge < -0.3 is 30.5 Å². The fraction of sp³-hybridized carbons (Fsp3) is 0.485. The average Bonchev–Trinajstić information content (AvgIpc) is 3.15. The number of carboxylic acids is 1. The Labute approximate surface area is 258 Å². The number of carbonyl (C=O) groups excluding carboxylic acids is 3. The lowest BCUT2D eigenvalue weighted by molar-refractivity contribution is -0.142. The molecule has 0 saturated carbocycles. The van der Waals surface area contributed by atoms with E-state index in [0.717, 1.165) is 42.1 Å². The largest absolute Gasteiger partial charge is 0.480 e. The fourth-order valence-corrected chi connectivity index (χ4v) is 5.71. The van der Waals surface area contributed by atoms with Crippen LogP contribution in [0.4, 0.5) is 4.79 Å². The number of aryl methyl sites for hydroxylation is 1.